The first-order chi connectivity index (χ1) is 15.8. The van der Waals surface area contributed by atoms with E-state index in [9.17, 15) is 0 Å². The molecule has 1 saturated carbocycles. The predicted molar refractivity (Wildman–Crippen MR) is 137 cm³/mol. The Bertz CT molecular complexity index is 814. The van der Waals surface area contributed by atoms with E-state index in [2.05, 4.69) is 74.2 Å². The normalized spacial score (nSPS) is 18.1. The number of ether oxygens (including phenoxy) is 1. The molecular weight excluding hydrogens is 388 g/mol. The number of aryl methyl sites for hydroxylation is 1. The van der Waals surface area contributed by atoms with Gasteiger partial charge in [-0.3, -0.25) is 0 Å². The van der Waals surface area contributed by atoms with Gasteiger partial charge in [0.15, 0.2) is 0 Å². The summed E-state index contributed by atoms with van der Waals surface area (Å²) in [6, 6.07) is 17.8. The fourth-order valence-electron chi connectivity index (χ4n) is 4.65. The molecule has 1 aliphatic rings. The van der Waals surface area contributed by atoms with Crippen LogP contribution in [0.4, 0.5) is 0 Å². The average Bonchev–Trinajstić information content (AvgIpc) is 2.84. The Morgan fingerprint density at radius 2 is 1.44 bits per heavy atom. The van der Waals surface area contributed by atoms with Crippen molar-refractivity contribution < 1.29 is 4.74 Å². The van der Waals surface area contributed by atoms with Crippen LogP contribution in [0.2, 0.25) is 0 Å². The molecule has 0 aromatic heterocycles. The second-order valence-electron chi connectivity index (χ2n) is 9.45. The Morgan fingerprint density at radius 1 is 0.750 bits per heavy atom. The molecule has 0 N–H and O–H groups in total. The quantitative estimate of drug-likeness (QED) is 0.256. The number of rotatable bonds is 11. The summed E-state index contributed by atoms with van der Waals surface area (Å²) < 4.78 is 5.90. The Balaban J connectivity index is 1.40. The number of hydrogen-bond acceptors (Lipinski definition) is 1. The van der Waals surface area contributed by atoms with Gasteiger partial charge in [-0.1, -0.05) is 82.1 Å². The molecule has 0 bridgehead atoms. The maximum atomic E-state index is 5.90. The van der Waals surface area contributed by atoms with Crippen molar-refractivity contribution in [3.63, 3.8) is 0 Å². The highest BCUT2D eigenvalue weighted by atomic mass is 16.5. The largest absolute Gasteiger partial charge is 0.494 e. The summed E-state index contributed by atoms with van der Waals surface area (Å²) in [5.41, 5.74) is 4.07. The van der Waals surface area contributed by atoms with E-state index in [-0.39, 0.29) is 0 Å². The standard InChI is InChI=1S/C31H42O/c1-3-5-7-9-25-32-31-23-21-30(22-24-31)29-19-17-28(18-20-29)16-15-27-13-11-26(12-14-27)10-8-6-4-2/h11-14,21-24,28-29H,3-10,17-20,25H2,1-2H3. The summed E-state index contributed by atoms with van der Waals surface area (Å²) in [6.45, 7) is 5.34. The molecule has 1 nitrogen and oxygen atoms in total. The minimum Gasteiger partial charge on any atom is -0.494 e. The van der Waals surface area contributed by atoms with Crippen molar-refractivity contribution >= 4 is 0 Å². The van der Waals surface area contributed by atoms with Crippen molar-refractivity contribution in [3.05, 3.63) is 65.2 Å². The highest BCUT2D eigenvalue weighted by Gasteiger charge is 2.21. The highest BCUT2D eigenvalue weighted by Crippen LogP contribution is 2.36. The van der Waals surface area contributed by atoms with Crippen molar-refractivity contribution in [2.45, 2.75) is 96.8 Å². The fourth-order valence-corrected chi connectivity index (χ4v) is 4.65. The minimum atomic E-state index is 0.543. The molecule has 0 aliphatic heterocycles. The van der Waals surface area contributed by atoms with Crippen molar-refractivity contribution in [2.24, 2.45) is 5.92 Å². The van der Waals surface area contributed by atoms with Gasteiger partial charge in [0.05, 0.1) is 6.61 Å². The molecule has 0 amide bonds. The molecule has 2 aromatic rings. The summed E-state index contributed by atoms with van der Waals surface area (Å²) in [7, 11) is 0. The van der Waals surface area contributed by atoms with Gasteiger partial charge in [-0.15, -0.1) is 0 Å². The Hall–Kier alpha value is -2.20. The summed E-state index contributed by atoms with van der Waals surface area (Å²) in [5, 5.41) is 0. The molecule has 0 heterocycles. The molecule has 1 fully saturated rings. The molecule has 0 atom stereocenters. The maximum Gasteiger partial charge on any atom is 0.119 e. The fraction of sp³-hybridized carbons (Fsp3) is 0.548. The molecule has 2 aromatic carbocycles. The summed E-state index contributed by atoms with van der Waals surface area (Å²) >= 11 is 0. The lowest BCUT2D eigenvalue weighted by Gasteiger charge is -2.26. The molecule has 32 heavy (non-hydrogen) atoms. The number of unbranched alkanes of at least 4 members (excludes halogenated alkanes) is 5. The minimum absolute atomic E-state index is 0.543. The first-order valence-corrected chi connectivity index (χ1v) is 13.1. The maximum absolute atomic E-state index is 5.90. The molecule has 172 valence electrons. The molecule has 0 spiro atoms. The second-order valence-corrected chi connectivity index (χ2v) is 9.45. The lowest BCUT2D eigenvalue weighted by molar-refractivity contribution is 0.304. The Morgan fingerprint density at radius 3 is 2.12 bits per heavy atom. The van der Waals surface area contributed by atoms with Gasteiger partial charge in [-0.2, -0.15) is 0 Å². The van der Waals surface area contributed by atoms with Gasteiger partial charge in [-0.05, 0) is 86.3 Å². The average molecular weight is 431 g/mol. The van der Waals surface area contributed by atoms with Crippen LogP contribution in [0.1, 0.15) is 107 Å². The summed E-state index contributed by atoms with van der Waals surface area (Å²) in [5.74, 6) is 9.23. The third-order valence-electron chi connectivity index (χ3n) is 6.79. The van der Waals surface area contributed by atoms with Gasteiger partial charge in [0.1, 0.15) is 5.75 Å². The van der Waals surface area contributed by atoms with Crippen LogP contribution in [0.15, 0.2) is 48.5 Å². The zero-order valence-electron chi connectivity index (χ0n) is 20.4. The molecule has 0 saturated heterocycles. The van der Waals surface area contributed by atoms with Crippen LogP contribution in [0, 0.1) is 17.8 Å². The van der Waals surface area contributed by atoms with E-state index in [4.69, 9.17) is 4.74 Å². The highest BCUT2D eigenvalue weighted by molar-refractivity contribution is 5.37. The second kappa shape index (κ2) is 14.1. The molecule has 0 radical (unpaired) electrons. The smallest absolute Gasteiger partial charge is 0.119 e. The molecule has 1 heteroatoms. The lowest BCUT2D eigenvalue weighted by atomic mass is 9.79. The monoisotopic (exact) mass is 430 g/mol. The van der Waals surface area contributed by atoms with Crippen LogP contribution in [0.25, 0.3) is 0 Å². The van der Waals surface area contributed by atoms with E-state index in [0.29, 0.717) is 11.8 Å². The molecule has 1 aliphatic carbocycles. The van der Waals surface area contributed by atoms with E-state index >= 15 is 0 Å². The topological polar surface area (TPSA) is 9.23 Å². The van der Waals surface area contributed by atoms with Gasteiger partial charge in [0.2, 0.25) is 0 Å². The van der Waals surface area contributed by atoms with Crippen LogP contribution >= 0.6 is 0 Å². The molecular formula is C31H42O. The van der Waals surface area contributed by atoms with Gasteiger partial charge < -0.3 is 4.74 Å². The third-order valence-corrected chi connectivity index (χ3v) is 6.79. The van der Waals surface area contributed by atoms with E-state index < -0.39 is 0 Å². The van der Waals surface area contributed by atoms with Crippen LogP contribution in [-0.2, 0) is 6.42 Å². The summed E-state index contributed by atoms with van der Waals surface area (Å²) in [4.78, 5) is 0. The van der Waals surface area contributed by atoms with E-state index in [0.717, 1.165) is 24.3 Å². The zero-order chi connectivity index (χ0) is 22.4. The Labute approximate surface area is 197 Å². The van der Waals surface area contributed by atoms with Crippen molar-refractivity contribution in [1.29, 1.82) is 0 Å². The van der Waals surface area contributed by atoms with Gasteiger partial charge in [0, 0.05) is 11.5 Å². The Kier molecular flexibility index (Phi) is 10.7. The van der Waals surface area contributed by atoms with Gasteiger partial charge in [-0.25, -0.2) is 0 Å². The first-order valence-electron chi connectivity index (χ1n) is 13.1. The zero-order valence-corrected chi connectivity index (χ0v) is 20.4. The van der Waals surface area contributed by atoms with E-state index in [1.54, 1.807) is 0 Å². The number of hydrogen-bond donors (Lipinski definition) is 0. The third kappa shape index (κ3) is 8.38. The summed E-state index contributed by atoms with van der Waals surface area (Å²) in [6.07, 6.45) is 15.0. The number of benzene rings is 2. The van der Waals surface area contributed by atoms with Crippen LogP contribution in [0.5, 0.6) is 5.75 Å². The molecule has 3 rings (SSSR count). The van der Waals surface area contributed by atoms with Crippen molar-refractivity contribution in [3.8, 4) is 17.6 Å². The lowest BCUT2D eigenvalue weighted by Crippen LogP contribution is -2.12. The van der Waals surface area contributed by atoms with E-state index in [1.807, 2.05) is 0 Å². The van der Waals surface area contributed by atoms with Crippen LogP contribution < -0.4 is 4.74 Å². The van der Waals surface area contributed by atoms with Gasteiger partial charge in [0.25, 0.3) is 0 Å². The van der Waals surface area contributed by atoms with E-state index in [1.165, 1.54) is 81.8 Å². The predicted octanol–water partition coefficient (Wildman–Crippen LogP) is 8.70. The van der Waals surface area contributed by atoms with Crippen LogP contribution in [-0.4, -0.2) is 6.61 Å². The van der Waals surface area contributed by atoms with Crippen LogP contribution in [0.3, 0.4) is 0 Å². The first kappa shape index (κ1) is 24.4. The van der Waals surface area contributed by atoms with Gasteiger partial charge >= 0.3 is 0 Å². The SMILES string of the molecule is CCCCCCOc1ccc(C2CCC(C#Cc3ccc(CCCCC)cc3)CC2)cc1. The van der Waals surface area contributed by atoms with Crippen molar-refractivity contribution in [2.75, 3.05) is 6.61 Å². The van der Waals surface area contributed by atoms with Crippen molar-refractivity contribution in [1.82, 2.24) is 0 Å². The molecule has 0 unspecified atom stereocenters.